The molecule has 1 aromatic carbocycles. The van der Waals surface area contributed by atoms with Crippen molar-refractivity contribution in [2.45, 2.75) is 85.0 Å². The van der Waals surface area contributed by atoms with Gasteiger partial charge in [0.2, 0.25) is 0 Å². The van der Waals surface area contributed by atoms with Crippen molar-refractivity contribution in [3.8, 4) is 0 Å². The number of ether oxygens (including phenoxy) is 2. The molecular weight excluding hydrogens is 448 g/mol. The number of rotatable bonds is 4. The predicted molar refractivity (Wildman–Crippen MR) is 123 cm³/mol. The van der Waals surface area contributed by atoms with Crippen LogP contribution < -0.4 is 4.90 Å². The fourth-order valence-electron chi connectivity index (χ4n) is 4.38. The molecule has 3 atom stereocenters. The summed E-state index contributed by atoms with van der Waals surface area (Å²) in [6.45, 7) is 14.7. The molecule has 0 spiro atoms. The van der Waals surface area contributed by atoms with E-state index in [1.165, 1.54) is 7.11 Å². The van der Waals surface area contributed by atoms with Crippen molar-refractivity contribution in [1.29, 1.82) is 0 Å². The van der Waals surface area contributed by atoms with Gasteiger partial charge >= 0.3 is 12.1 Å². The Morgan fingerprint density at radius 3 is 2.23 bits per heavy atom. The second-order valence-corrected chi connectivity index (χ2v) is 10.0. The first-order chi connectivity index (χ1) is 13.9. The van der Waals surface area contributed by atoms with Gasteiger partial charge < -0.3 is 19.3 Å². The molecule has 30 heavy (non-hydrogen) atoms. The maximum atomic E-state index is 12.7. The summed E-state index contributed by atoms with van der Waals surface area (Å²) in [6, 6.07) is 4.21. The number of nitrogens with zero attached hydrogens (tertiary/aromatic N) is 2. The van der Waals surface area contributed by atoms with Crippen molar-refractivity contribution in [2.24, 2.45) is 0 Å². The molecule has 2 rings (SSSR count). The Morgan fingerprint density at radius 2 is 1.77 bits per heavy atom. The average Bonchev–Trinajstić information content (AvgIpc) is 2.62. The molecule has 7 heteroatoms. The smallest absolute Gasteiger partial charge is 0.410 e. The van der Waals surface area contributed by atoms with E-state index in [0.717, 1.165) is 35.1 Å². The standard InChI is InChI=1S/C23H35BrN2O4/c1-9-25(20-13-17(24)12-19(16(20)4)21(27)29-8)18-10-14(2)26(15(3)11-18)22(28)30-23(5,6)7/h12-15,18H,9-11H2,1-8H3/t14-,15?,18?/m1/s1. The van der Waals surface area contributed by atoms with Gasteiger partial charge in [-0.2, -0.15) is 0 Å². The monoisotopic (exact) mass is 482 g/mol. The number of esters is 1. The fraction of sp³-hybridized carbons (Fsp3) is 0.652. The third-order valence-electron chi connectivity index (χ3n) is 5.62. The highest BCUT2D eigenvalue weighted by molar-refractivity contribution is 9.10. The molecular formula is C23H35BrN2O4. The van der Waals surface area contributed by atoms with Crippen LogP contribution in [0.4, 0.5) is 10.5 Å². The largest absolute Gasteiger partial charge is 0.465 e. The van der Waals surface area contributed by atoms with E-state index in [0.29, 0.717) is 5.56 Å². The lowest BCUT2D eigenvalue weighted by Crippen LogP contribution is -2.56. The lowest BCUT2D eigenvalue weighted by Gasteiger charge is -2.47. The Hall–Kier alpha value is -1.76. The second-order valence-electron chi connectivity index (χ2n) is 9.09. The van der Waals surface area contributed by atoms with E-state index in [1.807, 2.05) is 32.6 Å². The lowest BCUT2D eigenvalue weighted by atomic mass is 9.91. The highest BCUT2D eigenvalue weighted by atomic mass is 79.9. The summed E-state index contributed by atoms with van der Waals surface area (Å²) in [5.74, 6) is -0.340. The van der Waals surface area contributed by atoms with Gasteiger partial charge in [0.15, 0.2) is 0 Å². The van der Waals surface area contributed by atoms with Crippen molar-refractivity contribution in [1.82, 2.24) is 4.90 Å². The number of carbonyl (C=O) groups excluding carboxylic acids is 2. The van der Waals surface area contributed by atoms with Gasteiger partial charge in [0, 0.05) is 34.8 Å². The summed E-state index contributed by atoms with van der Waals surface area (Å²) in [6.07, 6.45) is 1.41. The van der Waals surface area contributed by atoms with E-state index in [1.54, 1.807) is 6.07 Å². The minimum atomic E-state index is -0.513. The molecule has 0 aromatic heterocycles. The van der Waals surface area contributed by atoms with E-state index >= 15 is 0 Å². The molecule has 1 saturated heterocycles. The van der Waals surface area contributed by atoms with Crippen LogP contribution in [0.25, 0.3) is 0 Å². The Labute approximate surface area is 189 Å². The van der Waals surface area contributed by atoms with E-state index in [4.69, 9.17) is 9.47 Å². The van der Waals surface area contributed by atoms with E-state index in [-0.39, 0.29) is 30.2 Å². The van der Waals surface area contributed by atoms with Gasteiger partial charge in [0.25, 0.3) is 0 Å². The Balaban J connectivity index is 2.31. The molecule has 1 fully saturated rings. The summed E-state index contributed by atoms with van der Waals surface area (Å²) in [5.41, 5.74) is 1.97. The predicted octanol–water partition coefficient (Wildman–Crippen LogP) is 5.55. The first-order valence-electron chi connectivity index (χ1n) is 10.6. The van der Waals surface area contributed by atoms with Crippen LogP contribution in [0.1, 0.15) is 70.3 Å². The van der Waals surface area contributed by atoms with Crippen LogP contribution in [0.5, 0.6) is 0 Å². The zero-order valence-electron chi connectivity index (χ0n) is 19.4. The van der Waals surface area contributed by atoms with Gasteiger partial charge in [0.1, 0.15) is 5.60 Å². The number of amides is 1. The van der Waals surface area contributed by atoms with Crippen molar-refractivity contribution < 1.29 is 19.1 Å². The third-order valence-corrected chi connectivity index (χ3v) is 6.08. The zero-order valence-corrected chi connectivity index (χ0v) is 21.0. The third kappa shape index (κ3) is 5.48. The minimum Gasteiger partial charge on any atom is -0.465 e. The summed E-state index contributed by atoms with van der Waals surface area (Å²) >= 11 is 3.54. The number of benzene rings is 1. The minimum absolute atomic E-state index is 0.0511. The molecule has 1 aliphatic heterocycles. The molecule has 1 amide bonds. The molecule has 2 unspecified atom stereocenters. The van der Waals surface area contributed by atoms with Crippen LogP contribution in [0, 0.1) is 6.92 Å². The lowest BCUT2D eigenvalue weighted by molar-refractivity contribution is -0.00252. The Kier molecular flexibility index (Phi) is 7.83. The van der Waals surface area contributed by atoms with Crippen molar-refractivity contribution >= 4 is 33.7 Å². The first-order valence-corrected chi connectivity index (χ1v) is 11.3. The van der Waals surface area contributed by atoms with Crippen LogP contribution in [0.3, 0.4) is 0 Å². The molecule has 0 bridgehead atoms. The normalized spacial score (nSPS) is 21.9. The van der Waals surface area contributed by atoms with Crippen molar-refractivity contribution in [2.75, 3.05) is 18.6 Å². The summed E-state index contributed by atoms with van der Waals surface area (Å²) in [5, 5.41) is 0. The molecule has 0 N–H and O–H groups in total. The van der Waals surface area contributed by atoms with Gasteiger partial charge in [-0.3, -0.25) is 0 Å². The van der Waals surface area contributed by atoms with Gasteiger partial charge in [0.05, 0.1) is 12.7 Å². The summed E-state index contributed by atoms with van der Waals surface area (Å²) in [7, 11) is 1.40. The number of hydrogen-bond acceptors (Lipinski definition) is 5. The average molecular weight is 483 g/mol. The highest BCUT2D eigenvalue weighted by Crippen LogP contribution is 2.35. The molecule has 1 aliphatic rings. The van der Waals surface area contributed by atoms with Crippen LogP contribution in [-0.2, 0) is 9.47 Å². The number of anilines is 1. The number of hydrogen-bond donors (Lipinski definition) is 0. The quantitative estimate of drug-likeness (QED) is 0.526. The van der Waals surface area contributed by atoms with Crippen LogP contribution in [-0.4, -0.2) is 54.3 Å². The zero-order chi connectivity index (χ0) is 22.8. The molecule has 1 aromatic rings. The number of piperidine rings is 1. The van der Waals surface area contributed by atoms with Gasteiger partial charge in [-0.15, -0.1) is 0 Å². The molecule has 1 heterocycles. The van der Waals surface area contributed by atoms with Crippen LogP contribution in [0.2, 0.25) is 0 Å². The van der Waals surface area contributed by atoms with Crippen molar-refractivity contribution in [3.63, 3.8) is 0 Å². The van der Waals surface area contributed by atoms with Crippen molar-refractivity contribution in [3.05, 3.63) is 27.7 Å². The molecule has 0 radical (unpaired) electrons. The molecule has 0 aliphatic carbocycles. The summed E-state index contributed by atoms with van der Waals surface area (Å²) in [4.78, 5) is 29.2. The molecule has 168 valence electrons. The topological polar surface area (TPSA) is 59.1 Å². The maximum absolute atomic E-state index is 12.7. The maximum Gasteiger partial charge on any atom is 0.410 e. The number of likely N-dealkylation sites (tertiary alicyclic amines) is 1. The Bertz CT molecular complexity index is 778. The van der Waals surface area contributed by atoms with Crippen LogP contribution >= 0.6 is 15.9 Å². The number of methoxy groups -OCH3 is 1. The van der Waals surface area contributed by atoms with E-state index in [2.05, 4.69) is 47.7 Å². The van der Waals surface area contributed by atoms with Gasteiger partial charge in [-0.05, 0) is 79.0 Å². The van der Waals surface area contributed by atoms with E-state index < -0.39 is 5.60 Å². The molecule has 6 nitrogen and oxygen atoms in total. The number of halogens is 1. The highest BCUT2D eigenvalue weighted by Gasteiger charge is 2.38. The fourth-order valence-corrected chi connectivity index (χ4v) is 4.83. The Morgan fingerprint density at radius 1 is 1.20 bits per heavy atom. The summed E-state index contributed by atoms with van der Waals surface area (Å²) < 4.78 is 11.4. The van der Waals surface area contributed by atoms with Crippen LogP contribution in [0.15, 0.2) is 16.6 Å². The van der Waals surface area contributed by atoms with E-state index in [9.17, 15) is 9.59 Å². The molecule has 0 saturated carbocycles. The SMILES string of the molecule is CCN(c1cc(Br)cc(C(=O)OC)c1C)C1CC(C)N(C(=O)OC(C)(C)C)[C@H](C)C1. The van der Waals surface area contributed by atoms with Gasteiger partial charge in [-0.25, -0.2) is 9.59 Å². The second kappa shape index (κ2) is 9.58. The number of carbonyl (C=O) groups is 2. The van der Waals surface area contributed by atoms with Gasteiger partial charge in [-0.1, -0.05) is 15.9 Å². The first kappa shape index (κ1) is 24.5.